The van der Waals surface area contributed by atoms with E-state index in [9.17, 15) is 4.79 Å². The number of carbonyl (C=O) groups is 1. The summed E-state index contributed by atoms with van der Waals surface area (Å²) in [6.45, 7) is 4.66. The molecule has 1 heterocycles. The summed E-state index contributed by atoms with van der Waals surface area (Å²) in [5.41, 5.74) is 0.606. The molecule has 1 fully saturated rings. The molecule has 2 rings (SSSR count). The molecule has 1 aromatic rings. The van der Waals surface area contributed by atoms with E-state index >= 15 is 0 Å². The van der Waals surface area contributed by atoms with Crippen LogP contribution < -0.4 is 9.47 Å². The first kappa shape index (κ1) is 17.6. The first-order valence-electron chi connectivity index (χ1n) is 8.33. The molecule has 1 atom stereocenters. The Bertz CT molecular complexity index is 533. The highest BCUT2D eigenvalue weighted by Crippen LogP contribution is 2.27. The van der Waals surface area contributed by atoms with Crippen LogP contribution in [0.2, 0.25) is 0 Å². The van der Waals surface area contributed by atoms with Crippen LogP contribution in [0.15, 0.2) is 18.2 Å². The van der Waals surface area contributed by atoms with E-state index in [0.29, 0.717) is 23.7 Å². The van der Waals surface area contributed by atoms with Crippen molar-refractivity contribution in [2.75, 3.05) is 40.9 Å². The molecule has 0 spiro atoms. The highest BCUT2D eigenvalue weighted by atomic mass is 16.5. The summed E-state index contributed by atoms with van der Waals surface area (Å²) in [6.07, 6.45) is 3.07. The Morgan fingerprint density at radius 2 is 2.22 bits per heavy atom. The zero-order valence-corrected chi connectivity index (χ0v) is 14.7. The van der Waals surface area contributed by atoms with Crippen molar-refractivity contribution in [3.05, 3.63) is 23.8 Å². The molecule has 0 unspecified atom stereocenters. The zero-order valence-electron chi connectivity index (χ0n) is 14.7. The van der Waals surface area contributed by atoms with Crippen molar-refractivity contribution in [2.24, 2.45) is 0 Å². The number of benzene rings is 1. The van der Waals surface area contributed by atoms with E-state index in [1.807, 2.05) is 24.9 Å². The van der Waals surface area contributed by atoms with Crippen molar-refractivity contribution in [2.45, 2.75) is 32.2 Å². The molecule has 1 aliphatic rings. The molecule has 0 saturated carbocycles. The van der Waals surface area contributed by atoms with Gasteiger partial charge in [0.25, 0.3) is 5.91 Å². The SMILES string of the molecule is CCCOc1cc(OC)ccc1C(=O)N(C)[C@H]1CCCN(C)C1. The monoisotopic (exact) mass is 320 g/mol. The van der Waals surface area contributed by atoms with Crippen LogP contribution in [-0.4, -0.2) is 62.7 Å². The second-order valence-corrected chi connectivity index (χ2v) is 6.18. The Balaban J connectivity index is 2.19. The van der Waals surface area contributed by atoms with Gasteiger partial charge in [-0.25, -0.2) is 0 Å². The average molecular weight is 320 g/mol. The fraction of sp³-hybridized carbons (Fsp3) is 0.611. The third-order valence-electron chi connectivity index (χ3n) is 4.35. The Kier molecular flexibility index (Phi) is 6.28. The third-order valence-corrected chi connectivity index (χ3v) is 4.35. The van der Waals surface area contributed by atoms with Crippen molar-refractivity contribution in [1.29, 1.82) is 0 Å². The standard InChI is InChI=1S/C18H28N2O3/c1-5-11-23-17-12-15(22-4)8-9-16(17)18(21)20(3)14-7-6-10-19(2)13-14/h8-9,12,14H,5-7,10-11,13H2,1-4H3/t14-/m0/s1. The number of carbonyl (C=O) groups excluding carboxylic acids is 1. The molecule has 0 N–H and O–H groups in total. The van der Waals surface area contributed by atoms with Crippen LogP contribution in [0.5, 0.6) is 11.5 Å². The van der Waals surface area contributed by atoms with E-state index in [-0.39, 0.29) is 11.9 Å². The van der Waals surface area contributed by atoms with E-state index in [1.165, 1.54) is 0 Å². The number of rotatable bonds is 6. The van der Waals surface area contributed by atoms with Crippen LogP contribution in [0.25, 0.3) is 0 Å². The van der Waals surface area contributed by atoms with Gasteiger partial charge in [0.05, 0.1) is 19.3 Å². The van der Waals surface area contributed by atoms with E-state index in [4.69, 9.17) is 9.47 Å². The molecule has 5 nitrogen and oxygen atoms in total. The average Bonchev–Trinajstić information content (AvgIpc) is 2.58. The van der Waals surface area contributed by atoms with Gasteiger partial charge in [-0.1, -0.05) is 6.92 Å². The fourth-order valence-corrected chi connectivity index (χ4v) is 2.95. The van der Waals surface area contributed by atoms with Crippen LogP contribution in [0, 0.1) is 0 Å². The maximum Gasteiger partial charge on any atom is 0.257 e. The number of amides is 1. The Morgan fingerprint density at radius 3 is 2.87 bits per heavy atom. The molecule has 1 aliphatic heterocycles. The van der Waals surface area contributed by atoms with Gasteiger partial charge < -0.3 is 19.3 Å². The maximum atomic E-state index is 12.9. The molecule has 1 saturated heterocycles. The molecule has 128 valence electrons. The number of likely N-dealkylation sites (tertiary alicyclic amines) is 1. The molecule has 23 heavy (non-hydrogen) atoms. The second kappa shape index (κ2) is 8.20. The van der Waals surface area contributed by atoms with Crippen molar-refractivity contribution in [3.63, 3.8) is 0 Å². The quantitative estimate of drug-likeness (QED) is 0.808. The lowest BCUT2D eigenvalue weighted by atomic mass is 10.0. The molecule has 0 aromatic heterocycles. The predicted molar refractivity (Wildman–Crippen MR) is 91.4 cm³/mol. The number of likely N-dealkylation sites (N-methyl/N-ethyl adjacent to an activating group) is 2. The van der Waals surface area contributed by atoms with Gasteiger partial charge in [-0.05, 0) is 45.0 Å². The molecule has 5 heteroatoms. The van der Waals surface area contributed by atoms with E-state index in [2.05, 4.69) is 11.9 Å². The summed E-state index contributed by atoms with van der Waals surface area (Å²) in [5.74, 6) is 1.32. The summed E-state index contributed by atoms with van der Waals surface area (Å²) >= 11 is 0. The van der Waals surface area contributed by atoms with Crippen molar-refractivity contribution >= 4 is 5.91 Å². The minimum atomic E-state index is 0.0130. The number of hydrogen-bond acceptors (Lipinski definition) is 4. The number of ether oxygens (including phenoxy) is 2. The van der Waals surface area contributed by atoms with Crippen LogP contribution in [0.1, 0.15) is 36.5 Å². The number of methoxy groups -OCH3 is 1. The number of hydrogen-bond donors (Lipinski definition) is 0. The van der Waals surface area contributed by atoms with Gasteiger partial charge in [-0.2, -0.15) is 0 Å². The Labute approximate surface area is 139 Å². The largest absolute Gasteiger partial charge is 0.497 e. The second-order valence-electron chi connectivity index (χ2n) is 6.18. The van der Waals surface area contributed by atoms with Gasteiger partial charge in [0, 0.05) is 25.7 Å². The Hall–Kier alpha value is -1.75. The first-order valence-corrected chi connectivity index (χ1v) is 8.33. The molecular weight excluding hydrogens is 292 g/mol. The smallest absolute Gasteiger partial charge is 0.257 e. The van der Waals surface area contributed by atoms with E-state index in [1.54, 1.807) is 19.2 Å². The molecule has 1 aromatic carbocycles. The lowest BCUT2D eigenvalue weighted by Crippen LogP contribution is -2.47. The number of piperidine rings is 1. The minimum absolute atomic E-state index is 0.0130. The maximum absolute atomic E-state index is 12.9. The van der Waals surface area contributed by atoms with Gasteiger partial charge in [0.15, 0.2) is 0 Å². The van der Waals surface area contributed by atoms with Gasteiger partial charge in [-0.15, -0.1) is 0 Å². The topological polar surface area (TPSA) is 42.0 Å². The lowest BCUT2D eigenvalue weighted by Gasteiger charge is -2.36. The normalized spacial score (nSPS) is 18.5. The highest BCUT2D eigenvalue weighted by Gasteiger charge is 2.27. The van der Waals surface area contributed by atoms with E-state index < -0.39 is 0 Å². The summed E-state index contributed by atoms with van der Waals surface area (Å²) in [6, 6.07) is 5.66. The van der Waals surface area contributed by atoms with Crippen molar-refractivity contribution < 1.29 is 14.3 Å². The fourth-order valence-electron chi connectivity index (χ4n) is 2.95. The first-order chi connectivity index (χ1) is 11.1. The minimum Gasteiger partial charge on any atom is -0.497 e. The molecule has 1 amide bonds. The zero-order chi connectivity index (χ0) is 16.8. The van der Waals surface area contributed by atoms with Crippen LogP contribution in [0.3, 0.4) is 0 Å². The van der Waals surface area contributed by atoms with Gasteiger partial charge >= 0.3 is 0 Å². The van der Waals surface area contributed by atoms with Crippen LogP contribution in [-0.2, 0) is 0 Å². The summed E-state index contributed by atoms with van der Waals surface area (Å²) in [5, 5.41) is 0. The van der Waals surface area contributed by atoms with Crippen molar-refractivity contribution in [3.8, 4) is 11.5 Å². The summed E-state index contributed by atoms with van der Waals surface area (Å²) < 4.78 is 11.0. The van der Waals surface area contributed by atoms with Gasteiger partial charge in [0.1, 0.15) is 11.5 Å². The molecule has 0 aliphatic carbocycles. The van der Waals surface area contributed by atoms with Crippen molar-refractivity contribution in [1.82, 2.24) is 9.80 Å². The van der Waals surface area contributed by atoms with Crippen LogP contribution >= 0.6 is 0 Å². The highest BCUT2D eigenvalue weighted by molar-refractivity contribution is 5.97. The molecular formula is C18H28N2O3. The van der Waals surface area contributed by atoms with Gasteiger partial charge in [0.2, 0.25) is 0 Å². The van der Waals surface area contributed by atoms with E-state index in [0.717, 1.165) is 32.4 Å². The van der Waals surface area contributed by atoms with Crippen LogP contribution in [0.4, 0.5) is 0 Å². The predicted octanol–water partition coefficient (Wildman–Crippen LogP) is 2.65. The molecule has 0 bridgehead atoms. The summed E-state index contributed by atoms with van der Waals surface area (Å²) in [4.78, 5) is 17.1. The Morgan fingerprint density at radius 1 is 1.43 bits per heavy atom. The third kappa shape index (κ3) is 4.38. The number of nitrogens with zero attached hydrogens (tertiary/aromatic N) is 2. The lowest BCUT2D eigenvalue weighted by molar-refractivity contribution is 0.0640. The summed E-state index contributed by atoms with van der Waals surface area (Å²) in [7, 11) is 5.61. The van der Waals surface area contributed by atoms with Gasteiger partial charge in [-0.3, -0.25) is 4.79 Å². The molecule has 0 radical (unpaired) electrons.